The van der Waals surface area contributed by atoms with Crippen molar-refractivity contribution in [2.45, 2.75) is 32.0 Å². The molecule has 0 aliphatic heterocycles. The third-order valence-electron chi connectivity index (χ3n) is 2.96. The molecule has 1 aromatic rings. The van der Waals surface area contributed by atoms with Crippen molar-refractivity contribution in [1.82, 2.24) is 0 Å². The van der Waals surface area contributed by atoms with E-state index in [0.29, 0.717) is 5.75 Å². The van der Waals surface area contributed by atoms with E-state index >= 15 is 0 Å². The molecule has 0 bridgehead atoms. The molecule has 15 heavy (non-hydrogen) atoms. The van der Waals surface area contributed by atoms with Crippen LogP contribution in [0.1, 0.15) is 32.3 Å². The Morgan fingerprint density at radius 2 is 1.93 bits per heavy atom. The van der Waals surface area contributed by atoms with Crippen molar-refractivity contribution >= 4 is 7.85 Å². The fraction of sp³-hybridized carbons (Fsp3) is 0.500. The lowest BCUT2D eigenvalue weighted by Crippen LogP contribution is -2.25. The minimum Gasteiger partial charge on any atom is -0.496 e. The fourth-order valence-corrected chi connectivity index (χ4v) is 1.70. The number of halogens is 1. The van der Waals surface area contributed by atoms with E-state index in [1.165, 1.54) is 12.1 Å². The van der Waals surface area contributed by atoms with Crippen LogP contribution < -0.4 is 4.74 Å². The first-order chi connectivity index (χ1) is 7.07. The molecule has 1 aromatic carbocycles. The first kappa shape index (κ1) is 12.1. The van der Waals surface area contributed by atoms with Gasteiger partial charge in [0.15, 0.2) is 0 Å². The summed E-state index contributed by atoms with van der Waals surface area (Å²) in [5.41, 5.74) is 0.745. The number of benzene rings is 1. The van der Waals surface area contributed by atoms with Gasteiger partial charge in [0, 0.05) is 0 Å². The minimum absolute atomic E-state index is 0.275. The van der Waals surface area contributed by atoms with Crippen LogP contribution in [0.4, 0.5) is 4.39 Å². The Bertz CT molecular complexity index is 334. The predicted molar refractivity (Wildman–Crippen MR) is 61.0 cm³/mol. The van der Waals surface area contributed by atoms with Gasteiger partial charge in [-0.3, -0.25) is 0 Å². The summed E-state index contributed by atoms with van der Waals surface area (Å²) in [7, 11) is 7.79. The lowest BCUT2D eigenvalue weighted by atomic mass is 9.60. The molecule has 0 atom stereocenters. The fourth-order valence-electron chi connectivity index (χ4n) is 1.70. The Morgan fingerprint density at radius 1 is 1.33 bits per heavy atom. The Kier molecular flexibility index (Phi) is 3.78. The molecule has 0 aliphatic rings. The van der Waals surface area contributed by atoms with Crippen LogP contribution in [-0.4, -0.2) is 15.0 Å². The van der Waals surface area contributed by atoms with Gasteiger partial charge in [-0.15, -0.1) is 0 Å². The van der Waals surface area contributed by atoms with Gasteiger partial charge in [-0.1, -0.05) is 26.7 Å². The van der Waals surface area contributed by atoms with Crippen LogP contribution in [0.3, 0.4) is 0 Å². The Balaban J connectivity index is 3.26. The monoisotopic (exact) mass is 206 g/mol. The second kappa shape index (κ2) is 4.69. The van der Waals surface area contributed by atoms with Gasteiger partial charge in [-0.25, -0.2) is 4.39 Å². The maximum Gasteiger partial charge on any atom is 0.123 e. The smallest absolute Gasteiger partial charge is 0.123 e. The van der Waals surface area contributed by atoms with E-state index in [0.717, 1.165) is 18.4 Å². The van der Waals surface area contributed by atoms with Gasteiger partial charge in [-0.2, -0.15) is 0 Å². The summed E-state index contributed by atoms with van der Waals surface area (Å²) < 4.78 is 18.4. The predicted octanol–water partition coefficient (Wildman–Crippen LogP) is 3.02. The van der Waals surface area contributed by atoms with Gasteiger partial charge < -0.3 is 4.74 Å². The van der Waals surface area contributed by atoms with Crippen LogP contribution in [0.2, 0.25) is 0 Å². The van der Waals surface area contributed by atoms with Gasteiger partial charge in [0.1, 0.15) is 11.6 Å². The lowest BCUT2D eigenvalue weighted by Gasteiger charge is -2.29. The third-order valence-corrected chi connectivity index (χ3v) is 2.96. The Hall–Kier alpha value is -0.985. The maximum absolute atomic E-state index is 13.2. The number of methoxy groups -OCH3 is 1. The standard InChI is InChI=1S/C12H16BFO/c1-4-12(13,5-2)10-8-9(14)6-7-11(10)15-3/h6-8H,4-5H2,1-3H3. The first-order valence-corrected chi connectivity index (χ1v) is 5.20. The summed E-state index contributed by atoms with van der Waals surface area (Å²) in [5, 5.41) is -0.507. The van der Waals surface area contributed by atoms with E-state index in [9.17, 15) is 4.39 Å². The summed E-state index contributed by atoms with van der Waals surface area (Å²) >= 11 is 0. The average Bonchev–Trinajstić information content (AvgIpc) is 2.28. The van der Waals surface area contributed by atoms with E-state index in [-0.39, 0.29) is 5.82 Å². The molecular weight excluding hydrogens is 190 g/mol. The Morgan fingerprint density at radius 3 is 2.40 bits per heavy atom. The number of hydrogen-bond acceptors (Lipinski definition) is 1. The molecule has 0 amide bonds. The lowest BCUT2D eigenvalue weighted by molar-refractivity contribution is 0.396. The number of ether oxygens (including phenoxy) is 1. The highest BCUT2D eigenvalue weighted by Crippen LogP contribution is 2.35. The zero-order chi connectivity index (χ0) is 11.5. The van der Waals surface area contributed by atoms with Crippen LogP contribution in [0, 0.1) is 5.82 Å². The largest absolute Gasteiger partial charge is 0.496 e. The number of hydrogen-bond donors (Lipinski definition) is 0. The molecule has 0 saturated carbocycles. The topological polar surface area (TPSA) is 9.23 Å². The highest BCUT2D eigenvalue weighted by Gasteiger charge is 2.25. The molecule has 0 fully saturated rings. The molecule has 0 aliphatic carbocycles. The minimum atomic E-state index is -0.507. The van der Waals surface area contributed by atoms with Crippen molar-refractivity contribution in [1.29, 1.82) is 0 Å². The molecule has 0 N–H and O–H groups in total. The molecule has 0 spiro atoms. The second-order valence-corrected chi connectivity index (χ2v) is 3.71. The molecule has 2 radical (unpaired) electrons. The zero-order valence-corrected chi connectivity index (χ0v) is 9.51. The summed E-state index contributed by atoms with van der Waals surface area (Å²) in [6, 6.07) is 4.47. The molecule has 0 heterocycles. The third kappa shape index (κ3) is 2.33. The average molecular weight is 206 g/mol. The Labute approximate surface area is 92.1 Å². The maximum atomic E-state index is 13.2. The van der Waals surface area contributed by atoms with E-state index < -0.39 is 5.31 Å². The van der Waals surface area contributed by atoms with Gasteiger partial charge in [0.2, 0.25) is 0 Å². The molecule has 1 rings (SSSR count). The van der Waals surface area contributed by atoms with Gasteiger partial charge in [-0.05, 0) is 29.1 Å². The summed E-state index contributed by atoms with van der Waals surface area (Å²) in [5.74, 6) is 0.380. The van der Waals surface area contributed by atoms with E-state index in [1.807, 2.05) is 13.8 Å². The molecule has 3 heteroatoms. The van der Waals surface area contributed by atoms with Crippen molar-refractivity contribution < 1.29 is 9.13 Å². The second-order valence-electron chi connectivity index (χ2n) is 3.71. The van der Waals surface area contributed by atoms with Crippen LogP contribution in [-0.2, 0) is 5.31 Å². The van der Waals surface area contributed by atoms with Crippen LogP contribution in [0.5, 0.6) is 5.75 Å². The highest BCUT2D eigenvalue weighted by molar-refractivity contribution is 6.16. The normalized spacial score (nSPS) is 11.5. The first-order valence-electron chi connectivity index (χ1n) is 5.20. The molecule has 0 unspecified atom stereocenters. The summed E-state index contributed by atoms with van der Waals surface area (Å²) in [6.07, 6.45) is 1.51. The number of rotatable bonds is 4. The van der Waals surface area contributed by atoms with E-state index in [1.54, 1.807) is 13.2 Å². The van der Waals surface area contributed by atoms with E-state index in [2.05, 4.69) is 0 Å². The summed E-state index contributed by atoms with van der Waals surface area (Å²) in [4.78, 5) is 0. The van der Waals surface area contributed by atoms with E-state index in [4.69, 9.17) is 12.6 Å². The van der Waals surface area contributed by atoms with Crippen molar-refractivity contribution in [2.24, 2.45) is 0 Å². The SMILES string of the molecule is [B]C(CC)(CC)c1cc(F)ccc1OC. The van der Waals surface area contributed by atoms with Crippen molar-refractivity contribution in [2.75, 3.05) is 7.11 Å². The molecule has 0 aromatic heterocycles. The van der Waals surface area contributed by atoms with Gasteiger partial charge in [0.05, 0.1) is 15.0 Å². The van der Waals surface area contributed by atoms with Crippen LogP contribution in [0.15, 0.2) is 18.2 Å². The molecule has 1 nitrogen and oxygen atoms in total. The van der Waals surface area contributed by atoms with Crippen molar-refractivity contribution in [3.8, 4) is 5.75 Å². The molecular formula is C12H16BFO. The van der Waals surface area contributed by atoms with Crippen molar-refractivity contribution in [3.63, 3.8) is 0 Å². The van der Waals surface area contributed by atoms with Gasteiger partial charge >= 0.3 is 0 Å². The molecule has 0 saturated heterocycles. The summed E-state index contributed by atoms with van der Waals surface area (Å²) in [6.45, 7) is 3.99. The van der Waals surface area contributed by atoms with Gasteiger partial charge in [0.25, 0.3) is 0 Å². The highest BCUT2D eigenvalue weighted by atomic mass is 19.1. The van der Waals surface area contributed by atoms with Crippen LogP contribution >= 0.6 is 0 Å². The van der Waals surface area contributed by atoms with Crippen molar-refractivity contribution in [3.05, 3.63) is 29.6 Å². The molecule has 80 valence electrons. The quantitative estimate of drug-likeness (QED) is 0.688. The van der Waals surface area contributed by atoms with Crippen LogP contribution in [0.25, 0.3) is 0 Å². The zero-order valence-electron chi connectivity index (χ0n) is 9.51.